The van der Waals surface area contributed by atoms with Crippen molar-refractivity contribution in [3.8, 4) is 5.75 Å². The molecule has 2 heterocycles. The van der Waals surface area contributed by atoms with Crippen LogP contribution in [0.2, 0.25) is 0 Å². The first kappa shape index (κ1) is 17.0. The molecule has 24 heavy (non-hydrogen) atoms. The quantitative estimate of drug-likeness (QED) is 0.892. The Kier molecular flexibility index (Phi) is 4.96. The molecule has 6 nitrogen and oxygen atoms in total. The maximum absolute atomic E-state index is 11.7. The second kappa shape index (κ2) is 6.99. The highest BCUT2D eigenvalue weighted by atomic mass is 16.6. The normalized spacial score (nSPS) is 24.5. The molecule has 1 aromatic carbocycles. The highest BCUT2D eigenvalue weighted by molar-refractivity contribution is 5.70. The summed E-state index contributed by atoms with van der Waals surface area (Å²) < 4.78 is 11.2. The number of piperidine rings is 1. The molecule has 0 aliphatic carbocycles. The van der Waals surface area contributed by atoms with E-state index in [4.69, 9.17) is 9.47 Å². The number of carbonyl (C=O) groups is 1. The number of hydrogen-bond donors (Lipinski definition) is 1. The monoisotopic (exact) mass is 334 g/mol. The first-order valence-corrected chi connectivity index (χ1v) is 8.57. The van der Waals surface area contributed by atoms with E-state index in [2.05, 4.69) is 4.90 Å². The van der Waals surface area contributed by atoms with E-state index in [0.29, 0.717) is 13.2 Å². The van der Waals surface area contributed by atoms with E-state index in [1.165, 1.54) is 0 Å². The van der Waals surface area contributed by atoms with Crippen LogP contribution < -0.4 is 4.74 Å². The third-order valence-corrected chi connectivity index (χ3v) is 4.76. The Bertz CT molecular complexity index is 607. The molecule has 0 saturated carbocycles. The van der Waals surface area contributed by atoms with Gasteiger partial charge in [0.15, 0.2) is 0 Å². The second-order valence-electron chi connectivity index (χ2n) is 6.75. The van der Waals surface area contributed by atoms with Crippen molar-refractivity contribution in [2.75, 3.05) is 33.3 Å². The standard InChI is InChI=1S/C18H26N2O4/c1-3-23-16-6-5-14(9-15(16)11-21)10-20-8-4-7-18(13-20)12-19(2)17(22)24-18/h5-6,9,21H,3-4,7-8,10-13H2,1-2H3/t18-/m0/s1. The van der Waals surface area contributed by atoms with Crippen molar-refractivity contribution < 1.29 is 19.4 Å². The van der Waals surface area contributed by atoms with Gasteiger partial charge >= 0.3 is 6.09 Å². The van der Waals surface area contributed by atoms with Crippen LogP contribution in [0.5, 0.6) is 5.75 Å². The van der Waals surface area contributed by atoms with E-state index in [1.807, 2.05) is 25.1 Å². The van der Waals surface area contributed by atoms with E-state index in [-0.39, 0.29) is 18.3 Å². The van der Waals surface area contributed by atoms with Gasteiger partial charge in [0, 0.05) is 25.7 Å². The number of amides is 1. The zero-order valence-corrected chi connectivity index (χ0v) is 14.5. The number of aliphatic hydroxyl groups is 1. The molecule has 0 unspecified atom stereocenters. The summed E-state index contributed by atoms with van der Waals surface area (Å²) >= 11 is 0. The third kappa shape index (κ3) is 3.49. The first-order valence-electron chi connectivity index (χ1n) is 8.57. The Balaban J connectivity index is 1.68. The van der Waals surface area contributed by atoms with Gasteiger partial charge in [-0.2, -0.15) is 0 Å². The molecule has 0 aromatic heterocycles. The number of nitrogens with zero attached hydrogens (tertiary/aromatic N) is 2. The highest BCUT2D eigenvalue weighted by Gasteiger charge is 2.46. The van der Waals surface area contributed by atoms with Crippen LogP contribution in [0.15, 0.2) is 18.2 Å². The highest BCUT2D eigenvalue weighted by Crippen LogP contribution is 2.32. The zero-order valence-electron chi connectivity index (χ0n) is 14.5. The largest absolute Gasteiger partial charge is 0.494 e. The third-order valence-electron chi connectivity index (χ3n) is 4.76. The van der Waals surface area contributed by atoms with Gasteiger partial charge in [-0.25, -0.2) is 4.79 Å². The number of carbonyl (C=O) groups excluding carboxylic acids is 1. The van der Waals surface area contributed by atoms with Crippen LogP contribution in [-0.2, 0) is 17.9 Å². The molecule has 1 aromatic rings. The number of hydrogen-bond acceptors (Lipinski definition) is 5. The SMILES string of the molecule is CCOc1ccc(CN2CCC[C@@]3(C2)CN(C)C(=O)O3)cc1CO. The van der Waals surface area contributed by atoms with Crippen molar-refractivity contribution in [2.24, 2.45) is 0 Å². The molecule has 0 bridgehead atoms. The molecular weight excluding hydrogens is 308 g/mol. The summed E-state index contributed by atoms with van der Waals surface area (Å²) in [5.41, 5.74) is 1.58. The Labute approximate surface area is 143 Å². The lowest BCUT2D eigenvalue weighted by molar-refractivity contribution is -0.0113. The summed E-state index contributed by atoms with van der Waals surface area (Å²) in [6, 6.07) is 5.96. The molecule has 1 atom stereocenters. The maximum Gasteiger partial charge on any atom is 0.410 e. The molecule has 132 valence electrons. The number of ether oxygens (including phenoxy) is 2. The average molecular weight is 334 g/mol. The number of likely N-dealkylation sites (N-methyl/N-ethyl adjacent to an activating group) is 1. The summed E-state index contributed by atoms with van der Waals surface area (Å²) in [4.78, 5) is 15.7. The summed E-state index contributed by atoms with van der Waals surface area (Å²) in [7, 11) is 1.79. The lowest BCUT2D eigenvalue weighted by Crippen LogP contribution is -2.50. The van der Waals surface area contributed by atoms with Crippen LogP contribution in [-0.4, -0.2) is 59.9 Å². The van der Waals surface area contributed by atoms with Gasteiger partial charge in [-0.1, -0.05) is 6.07 Å². The van der Waals surface area contributed by atoms with Crippen LogP contribution in [0.25, 0.3) is 0 Å². The molecule has 3 rings (SSSR count). The lowest BCUT2D eigenvalue weighted by atomic mass is 9.92. The summed E-state index contributed by atoms with van der Waals surface area (Å²) in [6.07, 6.45) is 1.72. The molecule has 0 radical (unpaired) electrons. The van der Waals surface area contributed by atoms with E-state index in [1.54, 1.807) is 11.9 Å². The van der Waals surface area contributed by atoms with Crippen molar-refractivity contribution in [1.29, 1.82) is 0 Å². The molecular formula is C18H26N2O4. The summed E-state index contributed by atoms with van der Waals surface area (Å²) in [5, 5.41) is 9.54. The minimum absolute atomic E-state index is 0.0322. The van der Waals surface area contributed by atoms with Crippen molar-refractivity contribution in [3.05, 3.63) is 29.3 Å². The van der Waals surface area contributed by atoms with E-state index < -0.39 is 0 Å². The van der Waals surface area contributed by atoms with Crippen LogP contribution in [0, 0.1) is 0 Å². The summed E-state index contributed by atoms with van der Waals surface area (Å²) in [6.45, 7) is 5.67. The molecule has 2 aliphatic rings. The molecule has 1 N–H and O–H groups in total. The van der Waals surface area contributed by atoms with Crippen molar-refractivity contribution >= 4 is 6.09 Å². The van der Waals surface area contributed by atoms with Gasteiger partial charge in [0.1, 0.15) is 11.4 Å². The van der Waals surface area contributed by atoms with Gasteiger partial charge in [-0.15, -0.1) is 0 Å². The predicted molar refractivity (Wildman–Crippen MR) is 89.9 cm³/mol. The zero-order chi connectivity index (χ0) is 17.2. The van der Waals surface area contributed by atoms with Gasteiger partial charge in [-0.05, 0) is 44.0 Å². The van der Waals surface area contributed by atoms with E-state index in [0.717, 1.165) is 49.4 Å². The van der Waals surface area contributed by atoms with Crippen LogP contribution in [0.1, 0.15) is 30.9 Å². The molecule has 2 fully saturated rings. The smallest absolute Gasteiger partial charge is 0.410 e. The fourth-order valence-electron chi connectivity index (χ4n) is 3.74. The van der Waals surface area contributed by atoms with Crippen molar-refractivity contribution in [2.45, 2.75) is 38.5 Å². The van der Waals surface area contributed by atoms with Gasteiger partial charge in [0.05, 0.1) is 19.8 Å². The Morgan fingerprint density at radius 1 is 1.38 bits per heavy atom. The lowest BCUT2D eigenvalue weighted by Gasteiger charge is -2.38. The second-order valence-corrected chi connectivity index (χ2v) is 6.75. The number of benzene rings is 1. The van der Waals surface area contributed by atoms with E-state index in [9.17, 15) is 9.90 Å². The maximum atomic E-state index is 11.7. The first-order chi connectivity index (χ1) is 11.5. The number of rotatable bonds is 5. The molecule has 1 spiro atoms. The van der Waals surface area contributed by atoms with Gasteiger partial charge in [0.2, 0.25) is 0 Å². The topological polar surface area (TPSA) is 62.2 Å². The fraction of sp³-hybridized carbons (Fsp3) is 0.611. The van der Waals surface area contributed by atoms with E-state index >= 15 is 0 Å². The Morgan fingerprint density at radius 3 is 2.88 bits per heavy atom. The van der Waals surface area contributed by atoms with Crippen molar-refractivity contribution in [1.82, 2.24) is 9.80 Å². The molecule has 1 amide bonds. The van der Waals surface area contributed by atoms with Crippen LogP contribution in [0.4, 0.5) is 4.79 Å². The minimum atomic E-state index is -0.366. The molecule has 2 saturated heterocycles. The summed E-state index contributed by atoms with van der Waals surface area (Å²) in [5.74, 6) is 0.741. The Hall–Kier alpha value is -1.79. The van der Waals surface area contributed by atoms with Gasteiger partial charge in [0.25, 0.3) is 0 Å². The number of likely N-dealkylation sites (tertiary alicyclic amines) is 1. The van der Waals surface area contributed by atoms with Crippen LogP contribution in [0.3, 0.4) is 0 Å². The molecule has 2 aliphatic heterocycles. The minimum Gasteiger partial charge on any atom is -0.494 e. The van der Waals surface area contributed by atoms with Gasteiger partial charge in [-0.3, -0.25) is 4.90 Å². The fourth-order valence-corrected chi connectivity index (χ4v) is 3.74. The predicted octanol–water partition coefficient (Wildman–Crippen LogP) is 1.99. The Morgan fingerprint density at radius 2 is 2.21 bits per heavy atom. The average Bonchev–Trinajstić information content (AvgIpc) is 2.82. The van der Waals surface area contributed by atoms with Crippen molar-refractivity contribution in [3.63, 3.8) is 0 Å². The number of aliphatic hydroxyl groups excluding tert-OH is 1. The van der Waals surface area contributed by atoms with Crippen LogP contribution >= 0.6 is 0 Å². The van der Waals surface area contributed by atoms with Gasteiger partial charge < -0.3 is 19.5 Å². The molecule has 6 heteroatoms.